The van der Waals surface area contributed by atoms with Gasteiger partial charge in [-0.2, -0.15) is 14.9 Å². The minimum atomic E-state index is -0.703. The van der Waals surface area contributed by atoms with Gasteiger partial charge < -0.3 is 14.8 Å². The van der Waals surface area contributed by atoms with Gasteiger partial charge in [-0.15, -0.1) is 0 Å². The van der Waals surface area contributed by atoms with Crippen molar-refractivity contribution >= 4 is 51.3 Å². The molecule has 1 fully saturated rings. The normalized spacial score (nSPS) is 17.5. The Kier molecular flexibility index (Phi) is 5.60. The van der Waals surface area contributed by atoms with Gasteiger partial charge in [0.25, 0.3) is 0 Å². The molecule has 1 aliphatic rings. The summed E-state index contributed by atoms with van der Waals surface area (Å²) < 4.78 is 7.87. The van der Waals surface area contributed by atoms with Gasteiger partial charge in [0.05, 0.1) is 29.6 Å². The van der Waals surface area contributed by atoms with Gasteiger partial charge in [-0.05, 0) is 61.3 Å². The maximum Gasteiger partial charge on any atom is 0.416 e. The van der Waals surface area contributed by atoms with Gasteiger partial charge in [0.1, 0.15) is 23.5 Å². The average molecular weight is 497 g/mol. The highest BCUT2D eigenvalue weighted by molar-refractivity contribution is 9.10. The van der Waals surface area contributed by atoms with Crippen LogP contribution in [0.5, 0.6) is 0 Å². The van der Waals surface area contributed by atoms with Crippen LogP contribution in [-0.2, 0) is 9.53 Å². The van der Waals surface area contributed by atoms with Crippen molar-refractivity contribution in [2.24, 2.45) is 5.92 Å². The fourth-order valence-corrected chi connectivity index (χ4v) is 3.79. The van der Waals surface area contributed by atoms with Crippen molar-refractivity contribution in [2.75, 3.05) is 10.2 Å². The number of aromatic nitrogens is 3. The Morgan fingerprint density at radius 1 is 1.38 bits per heavy atom. The molecule has 1 aromatic carbocycles. The summed E-state index contributed by atoms with van der Waals surface area (Å²) in [5.74, 6) is 0.650. The first-order valence-corrected chi connectivity index (χ1v) is 10.8. The Hall–Kier alpha value is -3.45. The molecule has 1 N–H and O–H groups in total. The summed E-state index contributed by atoms with van der Waals surface area (Å²) in [5.41, 5.74) is 1.04. The van der Waals surface area contributed by atoms with E-state index in [0.29, 0.717) is 39.4 Å². The SMILES string of the molecule is CC(C)(C)OC(=O)N(c1cc(Nc2ccc(C#N)cc2Br)nc2ccnn12)C1CC1C=O. The van der Waals surface area contributed by atoms with Gasteiger partial charge >= 0.3 is 6.09 Å². The molecule has 1 amide bonds. The lowest BCUT2D eigenvalue weighted by Gasteiger charge is -2.28. The molecule has 0 spiro atoms. The van der Waals surface area contributed by atoms with Gasteiger partial charge in [0, 0.05) is 22.5 Å². The van der Waals surface area contributed by atoms with E-state index >= 15 is 0 Å². The molecule has 10 heteroatoms. The number of fused-ring (bicyclic) bond motifs is 1. The predicted molar refractivity (Wildman–Crippen MR) is 122 cm³/mol. The average Bonchev–Trinajstić information content (AvgIpc) is 3.33. The quantitative estimate of drug-likeness (QED) is 0.519. The summed E-state index contributed by atoms with van der Waals surface area (Å²) in [6.07, 6.45) is 2.44. The van der Waals surface area contributed by atoms with Crippen molar-refractivity contribution in [1.29, 1.82) is 5.26 Å². The van der Waals surface area contributed by atoms with E-state index in [1.54, 1.807) is 61.8 Å². The minimum Gasteiger partial charge on any atom is -0.443 e. The maximum atomic E-state index is 13.1. The van der Waals surface area contributed by atoms with Crippen LogP contribution < -0.4 is 10.2 Å². The molecule has 1 saturated carbocycles. The van der Waals surface area contributed by atoms with E-state index in [1.807, 2.05) is 0 Å². The predicted octanol–water partition coefficient (Wildman–Crippen LogP) is 4.44. The molecular formula is C22H21BrN6O3. The van der Waals surface area contributed by atoms with Crippen LogP contribution in [0.2, 0.25) is 0 Å². The van der Waals surface area contributed by atoms with E-state index in [9.17, 15) is 9.59 Å². The Balaban J connectivity index is 1.76. The summed E-state index contributed by atoms with van der Waals surface area (Å²) in [6, 6.07) is 10.3. The van der Waals surface area contributed by atoms with Gasteiger partial charge in [-0.25, -0.2) is 9.78 Å². The second kappa shape index (κ2) is 8.24. The van der Waals surface area contributed by atoms with Gasteiger partial charge in [-0.3, -0.25) is 4.90 Å². The summed E-state index contributed by atoms with van der Waals surface area (Å²) in [7, 11) is 0. The number of carbonyl (C=O) groups excluding carboxylic acids is 2. The van der Waals surface area contributed by atoms with Crippen LogP contribution in [0.25, 0.3) is 5.65 Å². The molecule has 4 rings (SSSR count). The van der Waals surface area contributed by atoms with Crippen molar-refractivity contribution in [1.82, 2.24) is 14.6 Å². The number of carbonyl (C=O) groups is 2. The molecule has 9 nitrogen and oxygen atoms in total. The van der Waals surface area contributed by atoms with E-state index in [4.69, 9.17) is 10.00 Å². The molecule has 2 heterocycles. The lowest BCUT2D eigenvalue weighted by molar-refractivity contribution is -0.108. The molecule has 1 aliphatic carbocycles. The lowest BCUT2D eigenvalue weighted by atomic mass is 10.2. The molecule has 2 atom stereocenters. The van der Waals surface area contributed by atoms with Crippen molar-refractivity contribution in [3.8, 4) is 6.07 Å². The molecule has 0 aliphatic heterocycles. The number of halogens is 1. The van der Waals surface area contributed by atoms with Gasteiger partial charge in [0.2, 0.25) is 0 Å². The summed E-state index contributed by atoms with van der Waals surface area (Å²) in [6.45, 7) is 5.37. The number of amides is 1. The number of nitrogens with zero attached hydrogens (tertiary/aromatic N) is 5. The number of rotatable bonds is 5. The summed E-state index contributed by atoms with van der Waals surface area (Å²) in [4.78, 5) is 30.6. The summed E-state index contributed by atoms with van der Waals surface area (Å²) in [5, 5.41) is 16.6. The second-order valence-electron chi connectivity index (χ2n) is 8.49. The zero-order valence-electron chi connectivity index (χ0n) is 17.7. The molecular weight excluding hydrogens is 476 g/mol. The molecule has 0 radical (unpaired) electrons. The van der Waals surface area contributed by atoms with Crippen LogP contribution in [-0.4, -0.2) is 38.6 Å². The van der Waals surface area contributed by atoms with Crippen molar-refractivity contribution in [3.63, 3.8) is 0 Å². The van der Waals surface area contributed by atoms with Crippen LogP contribution in [0.1, 0.15) is 32.8 Å². The van der Waals surface area contributed by atoms with Crippen molar-refractivity contribution in [3.05, 3.63) is 46.6 Å². The number of ether oxygens (including phenoxy) is 1. The number of hydrogen-bond acceptors (Lipinski definition) is 7. The molecule has 0 bridgehead atoms. The zero-order chi connectivity index (χ0) is 23.0. The Morgan fingerprint density at radius 3 is 2.78 bits per heavy atom. The fraction of sp³-hybridized carbons (Fsp3) is 0.318. The van der Waals surface area contributed by atoms with E-state index in [2.05, 4.69) is 37.4 Å². The smallest absolute Gasteiger partial charge is 0.416 e. The summed E-state index contributed by atoms with van der Waals surface area (Å²) >= 11 is 3.46. The van der Waals surface area contributed by atoms with E-state index in [-0.39, 0.29) is 12.0 Å². The standard InChI is InChI=1S/C22H21BrN6O3/c1-22(2,3)32-21(31)28(17-9-14(17)12-30)20-10-18(27-19-6-7-25-29(19)20)26-16-5-4-13(11-24)8-15(16)23/h4-8,10,12,14,17H,9H2,1-3H3,(H,26,27). The van der Waals surface area contributed by atoms with Crippen LogP contribution in [0, 0.1) is 17.2 Å². The fourth-order valence-electron chi connectivity index (χ4n) is 3.31. The molecule has 32 heavy (non-hydrogen) atoms. The highest BCUT2D eigenvalue weighted by Gasteiger charge is 2.47. The molecule has 2 unspecified atom stereocenters. The number of nitrogens with one attached hydrogen (secondary N) is 1. The molecule has 164 valence electrons. The Bertz CT molecular complexity index is 1240. The topological polar surface area (TPSA) is 113 Å². The van der Waals surface area contributed by atoms with Crippen LogP contribution in [0.4, 0.5) is 22.1 Å². The van der Waals surface area contributed by atoms with Crippen LogP contribution in [0.3, 0.4) is 0 Å². The lowest BCUT2D eigenvalue weighted by Crippen LogP contribution is -2.40. The third-order valence-corrected chi connectivity index (χ3v) is 5.51. The Morgan fingerprint density at radius 2 is 2.16 bits per heavy atom. The van der Waals surface area contributed by atoms with E-state index in [0.717, 1.165) is 6.29 Å². The minimum absolute atomic E-state index is 0.259. The number of aldehydes is 1. The second-order valence-corrected chi connectivity index (χ2v) is 9.34. The van der Waals surface area contributed by atoms with E-state index in [1.165, 1.54) is 4.90 Å². The molecule has 3 aromatic rings. The number of anilines is 3. The largest absolute Gasteiger partial charge is 0.443 e. The first-order valence-electron chi connectivity index (χ1n) is 9.99. The Labute approximate surface area is 193 Å². The molecule has 2 aromatic heterocycles. The maximum absolute atomic E-state index is 13.1. The van der Waals surface area contributed by atoms with Crippen molar-refractivity contribution < 1.29 is 14.3 Å². The first-order chi connectivity index (χ1) is 15.2. The highest BCUT2D eigenvalue weighted by atomic mass is 79.9. The third kappa shape index (κ3) is 4.43. The highest BCUT2D eigenvalue weighted by Crippen LogP contribution is 2.39. The number of nitriles is 1. The van der Waals surface area contributed by atoms with Crippen LogP contribution in [0.15, 0.2) is 41.0 Å². The monoisotopic (exact) mass is 496 g/mol. The zero-order valence-corrected chi connectivity index (χ0v) is 19.3. The first kappa shape index (κ1) is 21.8. The molecule has 0 saturated heterocycles. The number of benzene rings is 1. The van der Waals surface area contributed by atoms with Gasteiger partial charge in [-0.1, -0.05) is 0 Å². The number of hydrogen-bond donors (Lipinski definition) is 1. The van der Waals surface area contributed by atoms with Gasteiger partial charge in [0.15, 0.2) is 5.65 Å². The van der Waals surface area contributed by atoms with Crippen molar-refractivity contribution in [2.45, 2.75) is 38.8 Å². The van der Waals surface area contributed by atoms with E-state index < -0.39 is 11.7 Å². The van der Waals surface area contributed by atoms with Crippen LogP contribution >= 0.6 is 15.9 Å². The third-order valence-electron chi connectivity index (χ3n) is 4.85.